The van der Waals surface area contributed by atoms with E-state index in [0.717, 1.165) is 25.9 Å². The highest BCUT2D eigenvalue weighted by molar-refractivity contribution is 7.91. The van der Waals surface area contributed by atoms with Gasteiger partial charge in [-0.2, -0.15) is 0 Å². The molecule has 0 spiro atoms. The third-order valence-electron chi connectivity index (χ3n) is 3.35. The molecule has 2 unspecified atom stereocenters. The van der Waals surface area contributed by atoms with Crippen molar-refractivity contribution < 1.29 is 13.2 Å². The van der Waals surface area contributed by atoms with Gasteiger partial charge < -0.3 is 10.1 Å². The van der Waals surface area contributed by atoms with Crippen molar-refractivity contribution in [2.24, 2.45) is 11.8 Å². The van der Waals surface area contributed by atoms with Gasteiger partial charge in [-0.05, 0) is 24.8 Å². The molecular formula is C11H23NO3S. The lowest BCUT2D eigenvalue weighted by Gasteiger charge is -2.21. The number of hydrogen-bond acceptors (Lipinski definition) is 4. The Morgan fingerprint density at radius 1 is 1.50 bits per heavy atom. The average molecular weight is 249 g/mol. The van der Waals surface area contributed by atoms with Gasteiger partial charge in [0.2, 0.25) is 0 Å². The summed E-state index contributed by atoms with van der Waals surface area (Å²) in [5.41, 5.74) is 0. The number of nitrogens with one attached hydrogen (secondary N) is 1. The van der Waals surface area contributed by atoms with Gasteiger partial charge >= 0.3 is 0 Å². The smallest absolute Gasteiger partial charge is 0.150 e. The van der Waals surface area contributed by atoms with E-state index in [4.69, 9.17) is 4.74 Å². The summed E-state index contributed by atoms with van der Waals surface area (Å²) >= 11 is 0. The lowest BCUT2D eigenvalue weighted by Crippen LogP contribution is -2.30. The van der Waals surface area contributed by atoms with Crippen LogP contribution >= 0.6 is 0 Å². The molecule has 1 saturated heterocycles. The maximum Gasteiger partial charge on any atom is 0.150 e. The minimum absolute atomic E-state index is 0.352. The van der Waals surface area contributed by atoms with Crippen LogP contribution < -0.4 is 5.32 Å². The monoisotopic (exact) mass is 249 g/mol. The summed E-state index contributed by atoms with van der Waals surface area (Å²) in [4.78, 5) is 0. The Balaban J connectivity index is 2.31. The summed E-state index contributed by atoms with van der Waals surface area (Å²) < 4.78 is 27.8. The summed E-state index contributed by atoms with van der Waals surface area (Å²) in [6.45, 7) is 4.58. The third kappa shape index (κ3) is 4.39. The van der Waals surface area contributed by atoms with Crippen molar-refractivity contribution in [2.75, 3.05) is 38.3 Å². The molecule has 0 aromatic rings. The molecule has 0 amide bonds. The Bertz CT molecular complexity index is 290. The Kier molecular flexibility index (Phi) is 5.72. The minimum atomic E-state index is -2.74. The summed E-state index contributed by atoms with van der Waals surface area (Å²) in [7, 11) is -1.06. The SMILES string of the molecule is CCC(CNCCOC)C1CCS(=O)(=O)C1. The van der Waals surface area contributed by atoms with E-state index in [1.54, 1.807) is 7.11 Å². The van der Waals surface area contributed by atoms with E-state index in [1.807, 2.05) is 0 Å². The first-order chi connectivity index (χ1) is 7.59. The lowest BCUT2D eigenvalue weighted by atomic mass is 9.89. The second-order valence-electron chi connectivity index (χ2n) is 4.53. The molecule has 0 aromatic heterocycles. The molecule has 0 aliphatic carbocycles. The fraction of sp³-hybridized carbons (Fsp3) is 1.00. The van der Waals surface area contributed by atoms with Crippen LogP contribution in [0.5, 0.6) is 0 Å². The molecule has 96 valence electrons. The molecule has 1 N–H and O–H groups in total. The molecule has 0 aromatic carbocycles. The molecule has 1 aliphatic rings. The van der Waals surface area contributed by atoms with Crippen LogP contribution in [0.3, 0.4) is 0 Å². The predicted octanol–water partition coefficient (Wildman–Crippen LogP) is 0.683. The van der Waals surface area contributed by atoms with Crippen LogP contribution in [0.1, 0.15) is 19.8 Å². The molecule has 0 bridgehead atoms. The van der Waals surface area contributed by atoms with E-state index in [2.05, 4.69) is 12.2 Å². The molecule has 1 aliphatic heterocycles. The van der Waals surface area contributed by atoms with Crippen LogP contribution in [-0.4, -0.2) is 46.7 Å². The zero-order valence-electron chi connectivity index (χ0n) is 10.2. The fourth-order valence-electron chi connectivity index (χ4n) is 2.30. The highest BCUT2D eigenvalue weighted by atomic mass is 32.2. The fourth-order valence-corrected chi connectivity index (χ4v) is 4.22. The molecule has 2 atom stereocenters. The van der Waals surface area contributed by atoms with Gasteiger partial charge in [0.05, 0.1) is 18.1 Å². The van der Waals surface area contributed by atoms with Gasteiger partial charge in [-0.25, -0.2) is 8.42 Å². The van der Waals surface area contributed by atoms with Gasteiger partial charge in [0.1, 0.15) is 0 Å². The van der Waals surface area contributed by atoms with Crippen molar-refractivity contribution in [1.82, 2.24) is 5.32 Å². The van der Waals surface area contributed by atoms with Crippen LogP contribution in [0.25, 0.3) is 0 Å². The second kappa shape index (κ2) is 6.57. The lowest BCUT2D eigenvalue weighted by molar-refractivity contribution is 0.195. The van der Waals surface area contributed by atoms with Gasteiger partial charge in [-0.15, -0.1) is 0 Å². The zero-order chi connectivity index (χ0) is 12.0. The molecule has 0 saturated carbocycles. The van der Waals surface area contributed by atoms with Crippen LogP contribution in [-0.2, 0) is 14.6 Å². The Morgan fingerprint density at radius 3 is 2.75 bits per heavy atom. The number of sulfone groups is 1. The Hall–Kier alpha value is -0.130. The van der Waals surface area contributed by atoms with E-state index in [1.165, 1.54) is 0 Å². The van der Waals surface area contributed by atoms with E-state index in [9.17, 15) is 8.42 Å². The highest BCUT2D eigenvalue weighted by Gasteiger charge is 2.32. The highest BCUT2D eigenvalue weighted by Crippen LogP contribution is 2.27. The summed E-state index contributed by atoms with van der Waals surface area (Å²) in [6.07, 6.45) is 1.88. The van der Waals surface area contributed by atoms with Gasteiger partial charge in [0.25, 0.3) is 0 Å². The van der Waals surface area contributed by atoms with Crippen molar-refractivity contribution in [2.45, 2.75) is 19.8 Å². The number of ether oxygens (including phenoxy) is 1. The maximum absolute atomic E-state index is 11.4. The molecule has 1 fully saturated rings. The quantitative estimate of drug-likeness (QED) is 0.674. The molecule has 1 rings (SSSR count). The van der Waals surface area contributed by atoms with Gasteiger partial charge in [0, 0.05) is 13.7 Å². The second-order valence-corrected chi connectivity index (χ2v) is 6.76. The molecule has 16 heavy (non-hydrogen) atoms. The van der Waals surface area contributed by atoms with Crippen molar-refractivity contribution in [1.29, 1.82) is 0 Å². The van der Waals surface area contributed by atoms with Crippen molar-refractivity contribution in [3.05, 3.63) is 0 Å². The Labute approximate surface area is 98.7 Å². The topological polar surface area (TPSA) is 55.4 Å². The van der Waals surface area contributed by atoms with Crippen LogP contribution in [0, 0.1) is 11.8 Å². The first-order valence-electron chi connectivity index (χ1n) is 5.99. The van der Waals surface area contributed by atoms with Crippen molar-refractivity contribution >= 4 is 9.84 Å². The summed E-state index contributed by atoms with van der Waals surface area (Å²) in [5, 5.41) is 3.32. The normalized spacial score (nSPS) is 25.8. The number of hydrogen-bond donors (Lipinski definition) is 1. The average Bonchev–Trinajstić information content (AvgIpc) is 2.59. The largest absolute Gasteiger partial charge is 0.383 e. The van der Waals surface area contributed by atoms with Crippen LogP contribution in [0.15, 0.2) is 0 Å². The predicted molar refractivity (Wildman–Crippen MR) is 65.3 cm³/mol. The molecular weight excluding hydrogens is 226 g/mol. The standard InChI is InChI=1S/C11H23NO3S/c1-3-10(8-12-5-6-15-2)11-4-7-16(13,14)9-11/h10-12H,3-9H2,1-2H3. The number of rotatable bonds is 7. The number of methoxy groups -OCH3 is 1. The van der Waals surface area contributed by atoms with Gasteiger partial charge in [-0.1, -0.05) is 13.3 Å². The van der Waals surface area contributed by atoms with Crippen molar-refractivity contribution in [3.63, 3.8) is 0 Å². The van der Waals surface area contributed by atoms with E-state index >= 15 is 0 Å². The summed E-state index contributed by atoms with van der Waals surface area (Å²) in [6, 6.07) is 0. The Morgan fingerprint density at radius 2 is 2.25 bits per heavy atom. The molecule has 5 heteroatoms. The van der Waals surface area contributed by atoms with E-state index in [0.29, 0.717) is 29.9 Å². The van der Waals surface area contributed by atoms with Crippen LogP contribution in [0.4, 0.5) is 0 Å². The van der Waals surface area contributed by atoms with Gasteiger partial charge in [-0.3, -0.25) is 0 Å². The minimum Gasteiger partial charge on any atom is -0.383 e. The molecule has 0 radical (unpaired) electrons. The third-order valence-corrected chi connectivity index (χ3v) is 5.14. The maximum atomic E-state index is 11.4. The first kappa shape index (κ1) is 13.9. The van der Waals surface area contributed by atoms with Crippen LogP contribution in [0.2, 0.25) is 0 Å². The molecule has 4 nitrogen and oxygen atoms in total. The van der Waals surface area contributed by atoms with Gasteiger partial charge in [0.15, 0.2) is 9.84 Å². The summed E-state index contributed by atoms with van der Waals surface area (Å²) in [5.74, 6) is 1.60. The van der Waals surface area contributed by atoms with E-state index in [-0.39, 0.29) is 0 Å². The zero-order valence-corrected chi connectivity index (χ0v) is 11.1. The van der Waals surface area contributed by atoms with Crippen molar-refractivity contribution in [3.8, 4) is 0 Å². The van der Waals surface area contributed by atoms with E-state index < -0.39 is 9.84 Å². The molecule has 1 heterocycles. The first-order valence-corrected chi connectivity index (χ1v) is 7.81.